The van der Waals surface area contributed by atoms with Gasteiger partial charge in [0.05, 0.1) is 38.5 Å². The van der Waals surface area contributed by atoms with Crippen molar-refractivity contribution in [3.05, 3.63) is 70.8 Å². The molecule has 2 aliphatic heterocycles. The number of esters is 4. The molecule has 0 bridgehead atoms. The lowest BCUT2D eigenvalue weighted by Crippen LogP contribution is -2.47. The third-order valence-electron chi connectivity index (χ3n) is 13.6. The fourth-order valence-corrected chi connectivity index (χ4v) is 9.78. The summed E-state index contributed by atoms with van der Waals surface area (Å²) < 4.78 is 24.7. The molecule has 6 atom stereocenters. The number of benzene rings is 2. The van der Waals surface area contributed by atoms with Crippen LogP contribution in [0.5, 0.6) is 0 Å². The van der Waals surface area contributed by atoms with E-state index in [-0.39, 0.29) is 26.4 Å². The highest BCUT2D eigenvalue weighted by Gasteiger charge is 2.69. The summed E-state index contributed by atoms with van der Waals surface area (Å²) in [5, 5.41) is 3.67. The molecule has 0 aromatic heterocycles. The minimum atomic E-state index is -1.20. The zero-order valence-electron chi connectivity index (χ0n) is 42.0. The maximum atomic E-state index is 15.0. The first-order valence-corrected chi connectivity index (χ1v) is 26.6. The van der Waals surface area contributed by atoms with Crippen LogP contribution in [0.1, 0.15) is 216 Å². The summed E-state index contributed by atoms with van der Waals surface area (Å²) in [5.74, 6) is -4.33. The second kappa shape index (κ2) is 31.3. The molecule has 2 heterocycles. The zero-order chi connectivity index (χ0) is 47.5. The predicted octanol–water partition coefficient (Wildman–Crippen LogP) is 13.2. The number of ether oxygens (including phenoxy) is 4. The van der Waals surface area contributed by atoms with E-state index in [1.807, 2.05) is 72.4 Å². The second-order valence-corrected chi connectivity index (χ2v) is 19.2. The highest BCUT2D eigenvalue weighted by Crippen LogP contribution is 2.56. The number of hydrogen-bond acceptors (Lipinski definition) is 10. The Morgan fingerprint density at radius 3 is 0.879 bits per heavy atom. The van der Waals surface area contributed by atoms with Gasteiger partial charge in [-0.05, 0) is 50.7 Å². The molecule has 2 aromatic rings. The smallest absolute Gasteiger partial charge is 0.325 e. The molecule has 0 radical (unpaired) electrons. The normalized spacial score (nSPS) is 20.6. The van der Waals surface area contributed by atoms with Crippen molar-refractivity contribution in [1.82, 2.24) is 10.0 Å². The third kappa shape index (κ3) is 16.8. The van der Waals surface area contributed by atoms with Crippen LogP contribution in [0.15, 0.2) is 48.5 Å². The van der Waals surface area contributed by atoms with Crippen LogP contribution in [0.3, 0.4) is 0 Å². The van der Waals surface area contributed by atoms with Gasteiger partial charge in [0, 0.05) is 0 Å². The Morgan fingerprint density at radius 2 is 0.606 bits per heavy atom. The molecule has 0 aliphatic carbocycles. The average molecular weight is 917 g/mol. The van der Waals surface area contributed by atoms with Crippen LogP contribution in [-0.4, -0.2) is 72.4 Å². The number of unbranched alkanes of at least 4 members (excludes halogenated alkanes) is 20. The van der Waals surface area contributed by atoms with Gasteiger partial charge in [0.15, 0.2) is 0 Å². The van der Waals surface area contributed by atoms with Gasteiger partial charge in [0.25, 0.3) is 0 Å². The topological polar surface area (TPSA) is 112 Å². The van der Waals surface area contributed by atoms with Gasteiger partial charge in [-0.3, -0.25) is 19.2 Å². The van der Waals surface area contributed by atoms with Gasteiger partial charge in [-0.2, -0.15) is 0 Å². The molecule has 10 nitrogen and oxygen atoms in total. The molecule has 0 amide bonds. The molecule has 370 valence electrons. The van der Waals surface area contributed by atoms with E-state index in [2.05, 4.69) is 27.7 Å². The van der Waals surface area contributed by atoms with E-state index in [0.717, 1.165) is 125 Å². The Kier molecular flexibility index (Phi) is 26.0. The highest BCUT2D eigenvalue weighted by molar-refractivity contribution is 5.90. The first kappa shape index (κ1) is 54.8. The van der Waals surface area contributed by atoms with Gasteiger partial charge >= 0.3 is 23.9 Å². The van der Waals surface area contributed by atoms with Gasteiger partial charge < -0.3 is 18.9 Å². The molecule has 0 spiro atoms. The van der Waals surface area contributed by atoms with Crippen LogP contribution in [-0.2, 0) is 38.1 Å². The maximum absolute atomic E-state index is 15.0. The molecule has 66 heavy (non-hydrogen) atoms. The van der Waals surface area contributed by atoms with Crippen LogP contribution >= 0.6 is 0 Å². The van der Waals surface area contributed by atoms with E-state index in [4.69, 9.17) is 18.9 Å². The molecule has 2 aliphatic rings. The Balaban J connectivity index is 1.83. The van der Waals surface area contributed by atoms with E-state index in [0.29, 0.717) is 25.7 Å². The lowest BCUT2D eigenvalue weighted by atomic mass is 9.82. The zero-order valence-corrected chi connectivity index (χ0v) is 42.0. The van der Waals surface area contributed by atoms with Crippen LogP contribution in [0.2, 0.25) is 0 Å². The Bertz CT molecular complexity index is 1560. The second-order valence-electron chi connectivity index (χ2n) is 19.2. The number of hydrazine groups is 1. The number of fused-ring (bicyclic) bond motifs is 1. The summed E-state index contributed by atoms with van der Waals surface area (Å²) >= 11 is 0. The molecular formula is C56H88N2O8. The van der Waals surface area contributed by atoms with Crippen molar-refractivity contribution in [3.8, 4) is 0 Å². The van der Waals surface area contributed by atoms with E-state index < -0.39 is 59.9 Å². The summed E-state index contributed by atoms with van der Waals surface area (Å²) in [7, 11) is 0. The molecule has 0 unspecified atom stereocenters. The fourth-order valence-electron chi connectivity index (χ4n) is 9.78. The van der Waals surface area contributed by atoms with E-state index in [9.17, 15) is 9.59 Å². The first-order valence-electron chi connectivity index (χ1n) is 26.6. The molecule has 0 N–H and O–H groups in total. The number of rotatable bonds is 34. The van der Waals surface area contributed by atoms with Crippen LogP contribution < -0.4 is 0 Å². The number of nitrogens with zero attached hydrogens (tertiary/aromatic N) is 2. The van der Waals surface area contributed by atoms with Crippen molar-refractivity contribution in [2.75, 3.05) is 26.4 Å². The van der Waals surface area contributed by atoms with E-state index >= 15 is 9.59 Å². The van der Waals surface area contributed by atoms with Crippen molar-refractivity contribution < 1.29 is 38.1 Å². The number of hydrogen-bond donors (Lipinski definition) is 0. The van der Waals surface area contributed by atoms with Gasteiger partial charge in [0.1, 0.15) is 23.9 Å². The quantitative estimate of drug-likeness (QED) is 0.0382. The summed E-state index contributed by atoms with van der Waals surface area (Å²) in [5.41, 5.74) is 3.51. The molecular weight excluding hydrogens is 829 g/mol. The molecule has 10 heteroatoms. The average Bonchev–Trinajstić information content (AvgIpc) is 3.84. The van der Waals surface area contributed by atoms with Gasteiger partial charge in [-0.25, -0.2) is 10.0 Å². The number of aryl methyl sites for hydroxylation is 2. The lowest BCUT2D eigenvalue weighted by Gasteiger charge is -2.32. The third-order valence-corrected chi connectivity index (χ3v) is 13.6. The van der Waals surface area contributed by atoms with Gasteiger partial charge in [0.2, 0.25) is 0 Å². The molecule has 4 rings (SSSR count). The Labute approximate surface area is 399 Å². The molecule has 0 saturated carbocycles. The lowest BCUT2D eigenvalue weighted by molar-refractivity contribution is -0.163. The van der Waals surface area contributed by atoms with Crippen molar-refractivity contribution in [3.63, 3.8) is 0 Å². The summed E-state index contributed by atoms with van der Waals surface area (Å²) in [6.45, 7) is 13.6. The monoisotopic (exact) mass is 917 g/mol. The largest absolute Gasteiger partial charge is 0.465 e. The number of carbonyl (C=O) groups excluding carboxylic acids is 4. The van der Waals surface area contributed by atoms with Crippen molar-refractivity contribution >= 4 is 23.9 Å². The van der Waals surface area contributed by atoms with Crippen molar-refractivity contribution in [2.45, 2.75) is 220 Å². The van der Waals surface area contributed by atoms with Gasteiger partial charge in [-0.15, -0.1) is 0 Å². The summed E-state index contributed by atoms with van der Waals surface area (Å²) in [4.78, 5) is 59.9. The van der Waals surface area contributed by atoms with Crippen LogP contribution in [0.4, 0.5) is 0 Å². The fraction of sp³-hybridized carbons (Fsp3) is 0.714. The van der Waals surface area contributed by atoms with E-state index in [1.54, 1.807) is 0 Å². The predicted molar refractivity (Wildman–Crippen MR) is 263 cm³/mol. The molecule has 2 fully saturated rings. The van der Waals surface area contributed by atoms with Crippen LogP contribution in [0, 0.1) is 25.7 Å². The minimum Gasteiger partial charge on any atom is -0.465 e. The number of carbonyl (C=O) groups is 4. The van der Waals surface area contributed by atoms with Crippen LogP contribution in [0.25, 0.3) is 0 Å². The highest BCUT2D eigenvalue weighted by atomic mass is 16.6. The molecule has 2 saturated heterocycles. The minimum absolute atomic E-state index is 0.201. The van der Waals surface area contributed by atoms with Gasteiger partial charge in [-0.1, -0.05) is 216 Å². The molecule has 2 aromatic carbocycles. The summed E-state index contributed by atoms with van der Waals surface area (Å²) in [6.07, 6.45) is 24.6. The standard InChI is InChI=1S/C56H88N2O8/c1-7-11-15-19-23-27-39-63-53(59)47-49(45-35-31-43(5)32-36-45)57-52(56(62)66-42-30-26-22-18-14-10-4)48(54(60)64-40-28-24-20-16-12-8-2)50(46-37-33-44(6)34-38-46)58(57)51(47)55(61)65-41-29-25-21-17-13-9-3/h31-38,47-52H,7-30,39-42H2,1-6H3/t47-,48-,49+,50+,51+,52+/m0/s1. The van der Waals surface area contributed by atoms with Crippen molar-refractivity contribution in [1.29, 1.82) is 0 Å². The maximum Gasteiger partial charge on any atom is 0.325 e. The van der Waals surface area contributed by atoms with Crippen molar-refractivity contribution in [2.24, 2.45) is 11.8 Å². The SMILES string of the molecule is CCCCCCCCOC(=O)[C@H]1[C@@H](c2ccc(C)cc2)N2[C@@H](C(=O)OCCCCCCCC)[C@@H](C(=O)OCCCCCCCC)[C@@H](c3ccc(C)cc3)N2[C@H]1C(=O)OCCCCCCCC. The summed E-state index contributed by atoms with van der Waals surface area (Å²) in [6, 6.07) is 11.6. The first-order chi connectivity index (χ1) is 32.2. The Hall–Kier alpha value is -3.76. The Morgan fingerprint density at radius 1 is 0.364 bits per heavy atom. The van der Waals surface area contributed by atoms with E-state index in [1.165, 1.54) is 25.7 Å².